The average molecular weight is 379 g/mol. The van der Waals surface area contributed by atoms with Gasteiger partial charge in [0, 0.05) is 37.7 Å². The first-order valence-electron chi connectivity index (χ1n) is 8.61. The number of rotatable bonds is 2. The Balaban J connectivity index is 1.59. The van der Waals surface area contributed by atoms with E-state index in [0.717, 1.165) is 5.56 Å². The fraction of sp³-hybridized carbons (Fsp3) is 0.474. The lowest BCUT2D eigenvalue weighted by molar-refractivity contribution is -0.143. The van der Waals surface area contributed by atoms with Gasteiger partial charge in [-0.3, -0.25) is 9.59 Å². The highest BCUT2D eigenvalue weighted by atomic mass is 35.5. The third-order valence-corrected chi connectivity index (χ3v) is 4.67. The predicted molar refractivity (Wildman–Crippen MR) is 99.2 cm³/mol. The van der Waals surface area contributed by atoms with E-state index >= 15 is 0 Å². The van der Waals surface area contributed by atoms with Gasteiger partial charge in [0.15, 0.2) is 11.5 Å². The molecular formula is C19H23ClN2O4. The van der Waals surface area contributed by atoms with Crippen LogP contribution in [0.1, 0.15) is 26.3 Å². The van der Waals surface area contributed by atoms with Crippen LogP contribution in [-0.4, -0.2) is 54.6 Å². The van der Waals surface area contributed by atoms with Crippen molar-refractivity contribution in [2.45, 2.75) is 20.8 Å². The molecule has 2 heterocycles. The maximum atomic E-state index is 12.4. The first kappa shape index (κ1) is 18.6. The van der Waals surface area contributed by atoms with Crippen LogP contribution in [0, 0.1) is 5.41 Å². The Morgan fingerprint density at radius 1 is 1.08 bits per heavy atom. The molecule has 0 atom stereocenters. The normalized spacial score (nSPS) is 17.1. The summed E-state index contributed by atoms with van der Waals surface area (Å²) in [6.45, 7) is 8.07. The van der Waals surface area contributed by atoms with E-state index in [2.05, 4.69) is 0 Å². The van der Waals surface area contributed by atoms with E-state index in [9.17, 15) is 9.59 Å². The van der Waals surface area contributed by atoms with E-state index < -0.39 is 5.41 Å². The summed E-state index contributed by atoms with van der Waals surface area (Å²) in [7, 11) is 0. The number of halogens is 1. The van der Waals surface area contributed by atoms with Gasteiger partial charge in [-0.05, 0) is 23.8 Å². The summed E-state index contributed by atoms with van der Waals surface area (Å²) in [6.07, 6.45) is 3.23. The monoisotopic (exact) mass is 378 g/mol. The third-order valence-electron chi connectivity index (χ3n) is 4.39. The molecule has 6 nitrogen and oxygen atoms in total. The van der Waals surface area contributed by atoms with Crippen molar-refractivity contribution in [1.82, 2.24) is 9.80 Å². The molecule has 1 aromatic carbocycles. The second-order valence-corrected chi connectivity index (χ2v) is 7.84. The van der Waals surface area contributed by atoms with Gasteiger partial charge in [-0.2, -0.15) is 0 Å². The summed E-state index contributed by atoms with van der Waals surface area (Å²) >= 11 is 6.15. The number of hydrogen-bond acceptors (Lipinski definition) is 4. The van der Waals surface area contributed by atoms with Gasteiger partial charge in [0.1, 0.15) is 0 Å². The number of nitrogens with zero attached hydrogens (tertiary/aromatic N) is 2. The summed E-state index contributed by atoms with van der Waals surface area (Å²) in [5, 5.41) is 0.460. The predicted octanol–water partition coefficient (Wildman–Crippen LogP) is 2.80. The fourth-order valence-electron chi connectivity index (χ4n) is 2.96. The number of benzene rings is 1. The van der Waals surface area contributed by atoms with Crippen LogP contribution in [0.15, 0.2) is 18.2 Å². The minimum absolute atomic E-state index is 0.0818. The Hall–Kier alpha value is -2.21. The summed E-state index contributed by atoms with van der Waals surface area (Å²) in [5.41, 5.74) is 0.374. The van der Waals surface area contributed by atoms with E-state index in [4.69, 9.17) is 21.1 Å². The van der Waals surface area contributed by atoms with Gasteiger partial charge in [0.05, 0.1) is 5.02 Å². The van der Waals surface area contributed by atoms with Gasteiger partial charge >= 0.3 is 0 Å². The van der Waals surface area contributed by atoms with E-state index in [1.54, 1.807) is 23.1 Å². The molecule has 1 fully saturated rings. The molecule has 1 saturated heterocycles. The summed E-state index contributed by atoms with van der Waals surface area (Å²) < 4.78 is 10.6. The molecule has 2 amide bonds. The zero-order chi connectivity index (χ0) is 18.9. The minimum Gasteiger partial charge on any atom is -0.454 e. The highest BCUT2D eigenvalue weighted by Gasteiger charge is 2.30. The molecule has 2 aliphatic rings. The number of carbonyl (C=O) groups is 2. The molecule has 1 aromatic rings. The van der Waals surface area contributed by atoms with Crippen molar-refractivity contribution in [2.75, 3.05) is 33.0 Å². The molecule has 0 unspecified atom stereocenters. The molecule has 3 rings (SSSR count). The Kier molecular flexibility index (Phi) is 5.14. The maximum absolute atomic E-state index is 12.4. The third kappa shape index (κ3) is 3.96. The van der Waals surface area contributed by atoms with Gasteiger partial charge in [-0.25, -0.2) is 0 Å². The molecule has 140 valence electrons. The topological polar surface area (TPSA) is 59.1 Å². The first-order valence-corrected chi connectivity index (χ1v) is 8.99. The maximum Gasteiger partial charge on any atom is 0.246 e. The first-order chi connectivity index (χ1) is 12.3. The smallest absolute Gasteiger partial charge is 0.246 e. The van der Waals surface area contributed by atoms with Gasteiger partial charge in [0.25, 0.3) is 0 Å². The number of ether oxygens (including phenoxy) is 2. The number of fused-ring (bicyclic) bond motifs is 1. The van der Waals surface area contributed by atoms with E-state index in [1.807, 2.05) is 25.7 Å². The number of hydrogen-bond donors (Lipinski definition) is 0. The highest BCUT2D eigenvalue weighted by Crippen LogP contribution is 2.40. The Labute approximate surface area is 158 Å². The van der Waals surface area contributed by atoms with Crippen LogP contribution < -0.4 is 9.47 Å². The molecule has 26 heavy (non-hydrogen) atoms. The van der Waals surface area contributed by atoms with Crippen molar-refractivity contribution in [1.29, 1.82) is 0 Å². The van der Waals surface area contributed by atoms with Crippen LogP contribution in [0.5, 0.6) is 11.5 Å². The molecule has 0 bridgehead atoms. The summed E-state index contributed by atoms with van der Waals surface area (Å²) in [4.78, 5) is 28.3. The standard InChI is InChI=1S/C19H23ClN2O4/c1-19(2,3)18(24)22-8-6-21(7-9-22)16(23)5-4-13-10-14(20)17-15(11-13)25-12-26-17/h4-5,10-11H,6-9,12H2,1-3H3/b5-4+. The van der Waals surface area contributed by atoms with Crippen LogP contribution in [0.2, 0.25) is 5.02 Å². The lowest BCUT2D eigenvalue weighted by Crippen LogP contribution is -2.52. The van der Waals surface area contributed by atoms with Crippen molar-refractivity contribution in [3.8, 4) is 11.5 Å². The Bertz CT molecular complexity index is 747. The van der Waals surface area contributed by atoms with Crippen LogP contribution in [0.25, 0.3) is 6.08 Å². The SMILES string of the molecule is CC(C)(C)C(=O)N1CCN(C(=O)/C=C/c2cc(Cl)c3c(c2)OCO3)CC1. The zero-order valence-electron chi connectivity index (χ0n) is 15.3. The molecule has 0 saturated carbocycles. The van der Waals surface area contributed by atoms with Crippen molar-refractivity contribution in [3.05, 3.63) is 28.8 Å². The van der Waals surface area contributed by atoms with E-state index in [-0.39, 0.29) is 18.6 Å². The summed E-state index contributed by atoms with van der Waals surface area (Å²) in [5.74, 6) is 1.16. The van der Waals surface area contributed by atoms with Gasteiger partial charge in [-0.15, -0.1) is 0 Å². The average Bonchev–Trinajstić information content (AvgIpc) is 3.07. The second kappa shape index (κ2) is 7.19. The molecule has 0 N–H and O–H groups in total. The molecular weight excluding hydrogens is 356 g/mol. The summed E-state index contributed by atoms with van der Waals surface area (Å²) in [6, 6.07) is 3.52. The lowest BCUT2D eigenvalue weighted by atomic mass is 9.94. The van der Waals surface area contributed by atoms with E-state index in [0.29, 0.717) is 42.7 Å². The van der Waals surface area contributed by atoms with Crippen molar-refractivity contribution in [3.63, 3.8) is 0 Å². The molecule has 2 aliphatic heterocycles. The highest BCUT2D eigenvalue weighted by molar-refractivity contribution is 6.32. The second-order valence-electron chi connectivity index (χ2n) is 7.44. The van der Waals surface area contributed by atoms with Gasteiger partial charge < -0.3 is 19.3 Å². The van der Waals surface area contributed by atoms with Crippen LogP contribution in [0.4, 0.5) is 0 Å². The fourth-order valence-corrected chi connectivity index (χ4v) is 3.23. The van der Waals surface area contributed by atoms with Crippen molar-refractivity contribution >= 4 is 29.5 Å². The number of amides is 2. The van der Waals surface area contributed by atoms with Gasteiger partial charge in [-0.1, -0.05) is 32.4 Å². The van der Waals surface area contributed by atoms with Gasteiger partial charge in [0.2, 0.25) is 18.6 Å². The van der Waals surface area contributed by atoms with Crippen molar-refractivity contribution < 1.29 is 19.1 Å². The largest absolute Gasteiger partial charge is 0.454 e. The molecule has 7 heteroatoms. The molecule has 0 spiro atoms. The van der Waals surface area contributed by atoms with Crippen LogP contribution in [0.3, 0.4) is 0 Å². The lowest BCUT2D eigenvalue weighted by Gasteiger charge is -2.37. The quantitative estimate of drug-likeness (QED) is 0.742. The molecule has 0 aromatic heterocycles. The zero-order valence-corrected chi connectivity index (χ0v) is 16.0. The van der Waals surface area contributed by atoms with Crippen LogP contribution in [-0.2, 0) is 9.59 Å². The van der Waals surface area contributed by atoms with Crippen LogP contribution >= 0.6 is 11.6 Å². The Morgan fingerprint density at radius 2 is 1.73 bits per heavy atom. The number of piperazine rings is 1. The Morgan fingerprint density at radius 3 is 2.38 bits per heavy atom. The number of carbonyl (C=O) groups excluding carboxylic acids is 2. The molecule has 0 radical (unpaired) electrons. The minimum atomic E-state index is -0.398. The molecule has 0 aliphatic carbocycles. The van der Waals surface area contributed by atoms with E-state index in [1.165, 1.54) is 6.08 Å². The van der Waals surface area contributed by atoms with Crippen molar-refractivity contribution in [2.24, 2.45) is 5.41 Å².